The molecule has 0 radical (unpaired) electrons. The van der Waals surface area contributed by atoms with Gasteiger partial charge in [0.2, 0.25) is 0 Å². The van der Waals surface area contributed by atoms with Gasteiger partial charge in [0.05, 0.1) is 20.3 Å². The van der Waals surface area contributed by atoms with E-state index in [9.17, 15) is 9.90 Å². The maximum Gasteiger partial charge on any atom is 0.317 e. The van der Waals surface area contributed by atoms with Gasteiger partial charge in [-0.3, -0.25) is 0 Å². The highest BCUT2D eigenvalue weighted by molar-refractivity contribution is 5.74. The number of nitrogens with zero attached hydrogens (tertiary/aromatic N) is 1. The van der Waals surface area contributed by atoms with E-state index >= 15 is 0 Å². The summed E-state index contributed by atoms with van der Waals surface area (Å²) < 4.78 is 10.6. The fraction of sp³-hybridized carbons (Fsp3) is 0.435. The van der Waals surface area contributed by atoms with Gasteiger partial charge in [0, 0.05) is 19.6 Å². The molecule has 2 aromatic carbocycles. The van der Waals surface area contributed by atoms with Crippen molar-refractivity contribution in [3.8, 4) is 11.5 Å². The molecule has 2 amide bonds. The summed E-state index contributed by atoms with van der Waals surface area (Å²) in [6, 6.07) is 15.5. The summed E-state index contributed by atoms with van der Waals surface area (Å²) in [6.45, 7) is 1.88. The van der Waals surface area contributed by atoms with Crippen molar-refractivity contribution in [1.29, 1.82) is 0 Å². The van der Waals surface area contributed by atoms with E-state index in [0.29, 0.717) is 31.1 Å². The Balaban J connectivity index is 1.43. The number of hydrogen-bond donors (Lipinski definition) is 2. The summed E-state index contributed by atoms with van der Waals surface area (Å²) in [5.74, 6) is 1.57. The van der Waals surface area contributed by atoms with Crippen LogP contribution in [-0.2, 0) is 6.42 Å². The lowest BCUT2D eigenvalue weighted by Gasteiger charge is -2.34. The average Bonchev–Trinajstić information content (AvgIpc) is 2.79. The van der Waals surface area contributed by atoms with Crippen molar-refractivity contribution < 1.29 is 19.4 Å². The van der Waals surface area contributed by atoms with Gasteiger partial charge in [0.15, 0.2) is 11.5 Å². The van der Waals surface area contributed by atoms with Gasteiger partial charge in [-0.25, -0.2) is 4.79 Å². The van der Waals surface area contributed by atoms with Crippen LogP contribution in [0.25, 0.3) is 0 Å². The number of aliphatic hydroxyl groups is 1. The van der Waals surface area contributed by atoms with Crippen molar-refractivity contribution in [2.45, 2.75) is 25.4 Å². The second-order valence-electron chi connectivity index (χ2n) is 7.35. The number of rotatable bonds is 7. The van der Waals surface area contributed by atoms with Crippen molar-refractivity contribution in [3.63, 3.8) is 0 Å². The molecule has 1 atom stereocenters. The number of aliphatic hydroxyl groups excluding tert-OH is 1. The van der Waals surface area contributed by atoms with Crippen LogP contribution >= 0.6 is 0 Å². The Morgan fingerprint density at radius 2 is 1.79 bits per heavy atom. The molecule has 2 N–H and O–H groups in total. The predicted octanol–water partition coefficient (Wildman–Crippen LogP) is 3.40. The van der Waals surface area contributed by atoms with Crippen molar-refractivity contribution in [1.82, 2.24) is 10.2 Å². The molecular formula is C23H30N2O4. The lowest BCUT2D eigenvalue weighted by Crippen LogP contribution is -2.45. The molecule has 1 aliphatic rings. The monoisotopic (exact) mass is 398 g/mol. The minimum atomic E-state index is -0.466. The molecule has 0 spiro atoms. The Morgan fingerprint density at radius 3 is 2.45 bits per heavy atom. The number of methoxy groups -OCH3 is 2. The number of carbonyl (C=O) groups is 1. The van der Waals surface area contributed by atoms with E-state index in [1.165, 1.54) is 0 Å². The van der Waals surface area contributed by atoms with Gasteiger partial charge in [-0.1, -0.05) is 36.4 Å². The van der Waals surface area contributed by atoms with Crippen LogP contribution in [0.15, 0.2) is 48.5 Å². The molecule has 1 heterocycles. The Morgan fingerprint density at radius 1 is 1.10 bits per heavy atom. The molecule has 0 saturated carbocycles. The number of hydrogen-bond acceptors (Lipinski definition) is 4. The van der Waals surface area contributed by atoms with Gasteiger partial charge in [-0.2, -0.15) is 0 Å². The first kappa shape index (κ1) is 21.0. The third-order valence-corrected chi connectivity index (χ3v) is 5.55. The zero-order valence-corrected chi connectivity index (χ0v) is 17.1. The average molecular weight is 399 g/mol. The van der Waals surface area contributed by atoms with Crippen LogP contribution in [0.3, 0.4) is 0 Å². The van der Waals surface area contributed by atoms with Crippen LogP contribution in [-0.4, -0.2) is 49.9 Å². The molecule has 1 fully saturated rings. The highest BCUT2D eigenvalue weighted by atomic mass is 16.5. The predicted molar refractivity (Wildman–Crippen MR) is 112 cm³/mol. The minimum Gasteiger partial charge on any atom is -0.493 e. The first-order valence-corrected chi connectivity index (χ1v) is 10.1. The van der Waals surface area contributed by atoms with Gasteiger partial charge in [-0.05, 0) is 48.4 Å². The minimum absolute atomic E-state index is 0.0434. The first-order valence-electron chi connectivity index (χ1n) is 10.1. The van der Waals surface area contributed by atoms with Gasteiger partial charge >= 0.3 is 6.03 Å². The lowest BCUT2D eigenvalue weighted by molar-refractivity contribution is 0.0666. The van der Waals surface area contributed by atoms with Gasteiger partial charge in [0.1, 0.15) is 0 Å². The molecule has 0 aromatic heterocycles. The van der Waals surface area contributed by atoms with Crippen LogP contribution < -0.4 is 14.8 Å². The summed E-state index contributed by atoms with van der Waals surface area (Å²) in [4.78, 5) is 14.3. The number of likely N-dealkylation sites (tertiary alicyclic amines) is 1. The molecule has 2 aromatic rings. The Hall–Kier alpha value is -2.73. The summed E-state index contributed by atoms with van der Waals surface area (Å²) >= 11 is 0. The van der Waals surface area contributed by atoms with E-state index in [1.807, 2.05) is 53.4 Å². The zero-order chi connectivity index (χ0) is 20.6. The van der Waals surface area contributed by atoms with Crippen molar-refractivity contribution in [2.24, 2.45) is 5.92 Å². The fourth-order valence-electron chi connectivity index (χ4n) is 3.80. The second-order valence-corrected chi connectivity index (χ2v) is 7.35. The maximum absolute atomic E-state index is 12.5. The zero-order valence-electron chi connectivity index (χ0n) is 17.1. The van der Waals surface area contributed by atoms with Crippen molar-refractivity contribution >= 4 is 6.03 Å². The van der Waals surface area contributed by atoms with Crippen LogP contribution in [0.5, 0.6) is 11.5 Å². The number of urea groups is 1. The molecule has 6 nitrogen and oxygen atoms in total. The van der Waals surface area contributed by atoms with Gasteiger partial charge in [-0.15, -0.1) is 0 Å². The van der Waals surface area contributed by atoms with Gasteiger partial charge < -0.3 is 24.8 Å². The molecule has 6 heteroatoms. The normalized spacial score (nSPS) is 15.6. The summed E-state index contributed by atoms with van der Waals surface area (Å²) in [5.41, 5.74) is 2.03. The van der Waals surface area contributed by atoms with Crippen LogP contribution in [0.2, 0.25) is 0 Å². The summed E-state index contributed by atoms with van der Waals surface area (Å²) in [7, 11) is 3.22. The maximum atomic E-state index is 12.5. The molecular weight excluding hydrogens is 368 g/mol. The molecule has 1 saturated heterocycles. The SMILES string of the molecule is COc1ccc(CCNC(=O)N2CCC(C(O)c3ccccc3)CC2)cc1OC. The molecule has 156 valence electrons. The highest BCUT2D eigenvalue weighted by Crippen LogP contribution is 2.30. The lowest BCUT2D eigenvalue weighted by atomic mass is 9.87. The van der Waals surface area contributed by atoms with E-state index in [-0.39, 0.29) is 11.9 Å². The number of carbonyl (C=O) groups excluding carboxylic acids is 1. The largest absolute Gasteiger partial charge is 0.493 e. The molecule has 0 bridgehead atoms. The third-order valence-electron chi connectivity index (χ3n) is 5.55. The van der Waals surface area contributed by atoms with Gasteiger partial charge in [0.25, 0.3) is 0 Å². The number of nitrogens with one attached hydrogen (secondary N) is 1. The third kappa shape index (κ3) is 5.41. The molecule has 29 heavy (non-hydrogen) atoms. The second kappa shape index (κ2) is 10.2. The standard InChI is InChI=1S/C23H30N2O4/c1-28-20-9-8-17(16-21(20)29-2)10-13-24-23(27)25-14-11-19(12-15-25)22(26)18-6-4-3-5-7-18/h3-9,16,19,22,26H,10-15H2,1-2H3,(H,24,27). The Bertz CT molecular complexity index is 789. The van der Waals surface area contributed by atoms with Crippen LogP contribution in [0.1, 0.15) is 30.1 Å². The van der Waals surface area contributed by atoms with Crippen LogP contribution in [0, 0.1) is 5.92 Å². The Kier molecular flexibility index (Phi) is 7.36. The number of amides is 2. The molecule has 1 unspecified atom stereocenters. The van der Waals surface area contributed by atoms with E-state index in [0.717, 1.165) is 30.4 Å². The molecule has 3 rings (SSSR count). The van der Waals surface area contributed by atoms with E-state index in [4.69, 9.17) is 9.47 Å². The topological polar surface area (TPSA) is 71.0 Å². The van der Waals surface area contributed by atoms with E-state index in [1.54, 1.807) is 14.2 Å². The molecule has 0 aliphatic carbocycles. The van der Waals surface area contributed by atoms with E-state index in [2.05, 4.69) is 5.32 Å². The highest BCUT2D eigenvalue weighted by Gasteiger charge is 2.28. The van der Waals surface area contributed by atoms with Crippen molar-refractivity contribution in [3.05, 3.63) is 59.7 Å². The number of ether oxygens (including phenoxy) is 2. The van der Waals surface area contributed by atoms with E-state index < -0.39 is 6.10 Å². The number of piperidine rings is 1. The first-order chi connectivity index (χ1) is 14.1. The van der Waals surface area contributed by atoms with Crippen molar-refractivity contribution in [2.75, 3.05) is 33.9 Å². The summed E-state index contributed by atoms with van der Waals surface area (Å²) in [6.07, 6.45) is 1.86. The fourth-order valence-corrected chi connectivity index (χ4v) is 3.80. The smallest absolute Gasteiger partial charge is 0.317 e. The number of benzene rings is 2. The Labute approximate surface area is 172 Å². The quantitative estimate of drug-likeness (QED) is 0.750. The summed E-state index contributed by atoms with van der Waals surface area (Å²) in [5, 5.41) is 13.6. The molecule has 1 aliphatic heterocycles. The van der Waals surface area contributed by atoms with Crippen LogP contribution in [0.4, 0.5) is 4.79 Å².